The van der Waals surface area contributed by atoms with Crippen molar-refractivity contribution in [3.8, 4) is 0 Å². The van der Waals surface area contributed by atoms with Crippen molar-refractivity contribution in [2.24, 2.45) is 0 Å². The summed E-state index contributed by atoms with van der Waals surface area (Å²) in [5, 5.41) is 5.08. The number of alkyl carbamates (subject to hydrolysis) is 2. The summed E-state index contributed by atoms with van der Waals surface area (Å²) in [6, 6.07) is 8.47. The molecule has 0 aliphatic rings. The van der Waals surface area contributed by atoms with E-state index in [9.17, 15) is 14.4 Å². The first-order valence-corrected chi connectivity index (χ1v) is 8.73. The molecule has 0 aliphatic heterocycles. The molecule has 0 fully saturated rings. The maximum absolute atomic E-state index is 11.8. The molecule has 0 aliphatic carbocycles. The Kier molecular flexibility index (Phi) is 9.12. The molecule has 8 heteroatoms. The molecule has 0 heterocycles. The molecule has 0 saturated carbocycles. The lowest BCUT2D eigenvalue weighted by atomic mass is 10.1. The third-order valence-electron chi connectivity index (χ3n) is 3.33. The van der Waals surface area contributed by atoms with Crippen molar-refractivity contribution in [2.75, 3.05) is 13.7 Å². The largest absolute Gasteiger partial charge is 0.467 e. The minimum Gasteiger partial charge on any atom is -0.467 e. The van der Waals surface area contributed by atoms with Crippen molar-refractivity contribution in [3.63, 3.8) is 0 Å². The molecule has 8 nitrogen and oxygen atoms in total. The topological polar surface area (TPSA) is 103 Å². The lowest BCUT2D eigenvalue weighted by Gasteiger charge is -2.22. The quantitative estimate of drug-likeness (QED) is 0.408. The van der Waals surface area contributed by atoms with E-state index in [1.165, 1.54) is 7.11 Å². The Hall–Kier alpha value is -2.77. The number of nitrogens with one attached hydrogen (secondary N) is 2. The molecule has 0 aromatic heterocycles. The first-order chi connectivity index (χ1) is 12.7. The molecular weight excluding hydrogens is 352 g/mol. The van der Waals surface area contributed by atoms with Crippen molar-refractivity contribution in [1.29, 1.82) is 0 Å². The van der Waals surface area contributed by atoms with Crippen LogP contribution in [0.15, 0.2) is 30.3 Å². The Morgan fingerprint density at radius 2 is 1.74 bits per heavy atom. The zero-order chi connectivity index (χ0) is 20.3. The van der Waals surface area contributed by atoms with Gasteiger partial charge in [-0.25, -0.2) is 14.4 Å². The second kappa shape index (κ2) is 11.1. The van der Waals surface area contributed by atoms with E-state index < -0.39 is 29.8 Å². The number of esters is 1. The van der Waals surface area contributed by atoms with Crippen LogP contribution in [-0.4, -0.2) is 43.5 Å². The fourth-order valence-corrected chi connectivity index (χ4v) is 2.11. The maximum atomic E-state index is 11.8. The number of carbonyl (C=O) groups excluding carboxylic acids is 3. The SMILES string of the molecule is COC(=O)[C@@H](CCCNC(=O)OCc1ccccc1)NC(=O)OC(C)(C)C. The zero-order valence-corrected chi connectivity index (χ0v) is 16.2. The molecule has 0 saturated heterocycles. The summed E-state index contributed by atoms with van der Waals surface area (Å²) in [7, 11) is 1.24. The Labute approximate surface area is 159 Å². The van der Waals surface area contributed by atoms with Crippen LogP contribution in [0.3, 0.4) is 0 Å². The van der Waals surface area contributed by atoms with Gasteiger partial charge in [0, 0.05) is 6.54 Å². The summed E-state index contributed by atoms with van der Waals surface area (Å²) in [6.45, 7) is 5.65. The van der Waals surface area contributed by atoms with Gasteiger partial charge in [-0.2, -0.15) is 0 Å². The van der Waals surface area contributed by atoms with Gasteiger partial charge in [-0.1, -0.05) is 30.3 Å². The first-order valence-electron chi connectivity index (χ1n) is 8.73. The summed E-state index contributed by atoms with van der Waals surface area (Å²) < 4.78 is 14.9. The molecule has 27 heavy (non-hydrogen) atoms. The van der Waals surface area contributed by atoms with Crippen LogP contribution >= 0.6 is 0 Å². The van der Waals surface area contributed by atoms with Crippen LogP contribution < -0.4 is 10.6 Å². The van der Waals surface area contributed by atoms with Gasteiger partial charge >= 0.3 is 18.2 Å². The van der Waals surface area contributed by atoms with Crippen molar-refractivity contribution >= 4 is 18.2 Å². The van der Waals surface area contributed by atoms with Gasteiger partial charge in [-0.05, 0) is 39.2 Å². The Morgan fingerprint density at radius 3 is 2.33 bits per heavy atom. The van der Waals surface area contributed by atoms with Crippen LogP contribution in [0.2, 0.25) is 0 Å². The van der Waals surface area contributed by atoms with E-state index in [1.807, 2.05) is 30.3 Å². The highest BCUT2D eigenvalue weighted by atomic mass is 16.6. The van der Waals surface area contributed by atoms with Crippen LogP contribution in [0.25, 0.3) is 0 Å². The molecule has 1 rings (SSSR count). The summed E-state index contributed by atoms with van der Waals surface area (Å²) in [5.41, 5.74) is 0.217. The normalized spacial score (nSPS) is 11.9. The van der Waals surface area contributed by atoms with E-state index in [4.69, 9.17) is 9.47 Å². The minimum absolute atomic E-state index is 0.178. The molecule has 0 bridgehead atoms. The molecular formula is C19H28N2O6. The minimum atomic E-state index is -0.855. The molecule has 2 N–H and O–H groups in total. The van der Waals surface area contributed by atoms with Crippen LogP contribution in [-0.2, 0) is 25.6 Å². The van der Waals surface area contributed by atoms with E-state index in [-0.39, 0.29) is 19.6 Å². The highest BCUT2D eigenvalue weighted by Crippen LogP contribution is 2.08. The molecule has 1 aromatic rings. The lowest BCUT2D eigenvalue weighted by molar-refractivity contribution is -0.143. The number of ether oxygens (including phenoxy) is 3. The molecule has 2 amide bonds. The predicted octanol–water partition coefficient (Wildman–Crippen LogP) is 2.76. The van der Waals surface area contributed by atoms with Gasteiger partial charge in [0.05, 0.1) is 7.11 Å². The Bertz CT molecular complexity index is 612. The van der Waals surface area contributed by atoms with Crippen LogP contribution in [0.4, 0.5) is 9.59 Å². The van der Waals surface area contributed by atoms with Gasteiger partial charge in [0.2, 0.25) is 0 Å². The fraction of sp³-hybridized carbons (Fsp3) is 0.526. The smallest absolute Gasteiger partial charge is 0.408 e. The average molecular weight is 380 g/mol. The van der Waals surface area contributed by atoms with Gasteiger partial charge in [0.1, 0.15) is 18.2 Å². The van der Waals surface area contributed by atoms with Crippen molar-refractivity contribution < 1.29 is 28.6 Å². The number of hydrogen-bond acceptors (Lipinski definition) is 6. The van der Waals surface area contributed by atoms with Gasteiger partial charge in [-0.3, -0.25) is 0 Å². The predicted molar refractivity (Wildman–Crippen MR) is 99.0 cm³/mol. The number of amides is 2. The molecule has 150 valence electrons. The van der Waals surface area contributed by atoms with Crippen molar-refractivity contribution in [3.05, 3.63) is 35.9 Å². The van der Waals surface area contributed by atoms with Crippen LogP contribution in [0.5, 0.6) is 0 Å². The van der Waals surface area contributed by atoms with Gasteiger partial charge in [0.15, 0.2) is 0 Å². The van der Waals surface area contributed by atoms with Crippen molar-refractivity contribution in [1.82, 2.24) is 10.6 Å². The fourth-order valence-electron chi connectivity index (χ4n) is 2.11. The summed E-state index contributed by atoms with van der Waals surface area (Å²) in [4.78, 5) is 35.3. The zero-order valence-electron chi connectivity index (χ0n) is 16.2. The van der Waals surface area contributed by atoms with E-state index in [0.717, 1.165) is 5.56 Å². The number of methoxy groups -OCH3 is 1. The summed E-state index contributed by atoms with van der Waals surface area (Å²) in [5.74, 6) is -0.576. The highest BCUT2D eigenvalue weighted by molar-refractivity contribution is 5.81. The number of rotatable bonds is 8. The van der Waals surface area contributed by atoms with Crippen LogP contribution in [0.1, 0.15) is 39.2 Å². The van der Waals surface area contributed by atoms with E-state index in [2.05, 4.69) is 15.4 Å². The second-order valence-corrected chi connectivity index (χ2v) is 6.85. The number of carbonyl (C=O) groups is 3. The van der Waals surface area contributed by atoms with Crippen molar-refractivity contribution in [2.45, 2.75) is 51.9 Å². The van der Waals surface area contributed by atoms with E-state index in [1.54, 1.807) is 20.8 Å². The molecule has 1 aromatic carbocycles. The van der Waals surface area contributed by atoms with Crippen LogP contribution in [0, 0.1) is 0 Å². The second-order valence-electron chi connectivity index (χ2n) is 6.85. The lowest BCUT2D eigenvalue weighted by Crippen LogP contribution is -2.44. The third kappa shape index (κ3) is 10.1. The van der Waals surface area contributed by atoms with E-state index in [0.29, 0.717) is 6.42 Å². The average Bonchev–Trinajstić information content (AvgIpc) is 2.61. The summed E-state index contributed by atoms with van der Waals surface area (Å²) >= 11 is 0. The molecule has 0 unspecified atom stereocenters. The van der Waals surface area contributed by atoms with Gasteiger partial charge in [-0.15, -0.1) is 0 Å². The molecule has 1 atom stereocenters. The Balaban J connectivity index is 2.33. The van der Waals surface area contributed by atoms with Gasteiger partial charge < -0.3 is 24.8 Å². The number of benzene rings is 1. The number of hydrogen-bond donors (Lipinski definition) is 2. The Morgan fingerprint density at radius 1 is 1.07 bits per heavy atom. The van der Waals surface area contributed by atoms with E-state index >= 15 is 0 Å². The maximum Gasteiger partial charge on any atom is 0.408 e. The third-order valence-corrected chi connectivity index (χ3v) is 3.33. The monoisotopic (exact) mass is 380 g/mol. The van der Waals surface area contributed by atoms with Gasteiger partial charge in [0.25, 0.3) is 0 Å². The molecule has 0 spiro atoms. The first kappa shape index (κ1) is 22.3. The standard InChI is InChI=1S/C19H28N2O6/c1-19(2,3)27-18(24)21-15(16(22)25-4)11-8-12-20-17(23)26-13-14-9-6-5-7-10-14/h5-7,9-10,15H,8,11-13H2,1-4H3,(H,20,23)(H,21,24)/t15-/m1/s1. The summed E-state index contributed by atoms with van der Waals surface area (Å²) in [6.07, 6.45) is -0.525. The molecule has 0 radical (unpaired) electrons. The highest BCUT2D eigenvalue weighted by Gasteiger charge is 2.24.